The van der Waals surface area contributed by atoms with E-state index in [1.54, 1.807) is 16.0 Å². The molecule has 158 valence electrons. The number of carbonyl (C=O) groups is 1. The number of likely N-dealkylation sites (tertiary alicyclic amines) is 1. The number of nitrogens with two attached hydrogens (primary N) is 1. The molecule has 0 spiro atoms. The van der Waals surface area contributed by atoms with E-state index in [0.717, 1.165) is 53.1 Å². The Labute approximate surface area is 187 Å². The smallest absolute Gasteiger partial charge is 0.255 e. The Kier molecular flexibility index (Phi) is 7.67. The van der Waals surface area contributed by atoms with Crippen molar-refractivity contribution < 1.29 is 4.79 Å². The van der Waals surface area contributed by atoms with Gasteiger partial charge in [-0.1, -0.05) is 6.07 Å². The van der Waals surface area contributed by atoms with Crippen LogP contribution in [0.1, 0.15) is 42.2 Å². The molecule has 1 fully saturated rings. The van der Waals surface area contributed by atoms with Gasteiger partial charge in [-0.05, 0) is 50.6 Å². The Morgan fingerprint density at radius 2 is 2.10 bits per heavy atom. The first-order valence-corrected chi connectivity index (χ1v) is 10.3. The Balaban J connectivity index is 0.00000150. The minimum atomic E-state index is -0.0432. The lowest BCUT2D eigenvalue weighted by molar-refractivity contribution is 0.0586. The highest BCUT2D eigenvalue weighted by Gasteiger charge is 2.32. The number of aromatic nitrogens is 3. The first-order valence-electron chi connectivity index (χ1n) is 9.42. The number of hydrogen-bond acceptors (Lipinski definition) is 5. The van der Waals surface area contributed by atoms with Crippen LogP contribution < -0.4 is 5.73 Å². The summed E-state index contributed by atoms with van der Waals surface area (Å²) in [5.74, 6) is 0.0401. The third-order valence-corrected chi connectivity index (χ3v) is 6.28. The molecule has 0 aliphatic carbocycles. The molecule has 9 heteroatoms. The zero-order chi connectivity index (χ0) is 19.1. The fourth-order valence-corrected chi connectivity index (χ4v) is 4.76. The molecule has 0 bridgehead atoms. The topological polar surface area (TPSA) is 77.0 Å². The zero-order valence-corrected chi connectivity index (χ0v) is 19.2. The van der Waals surface area contributed by atoms with Crippen molar-refractivity contribution in [1.29, 1.82) is 0 Å². The second-order valence-electron chi connectivity index (χ2n) is 7.36. The number of halogens is 2. The molecule has 0 aromatic carbocycles. The van der Waals surface area contributed by atoms with Crippen LogP contribution in [0, 0.1) is 6.92 Å². The van der Waals surface area contributed by atoms with Gasteiger partial charge in [-0.15, -0.1) is 36.2 Å². The van der Waals surface area contributed by atoms with E-state index < -0.39 is 0 Å². The monoisotopic (exact) mass is 455 g/mol. The van der Waals surface area contributed by atoms with Crippen LogP contribution in [0.25, 0.3) is 21.6 Å². The van der Waals surface area contributed by atoms with Crippen LogP contribution in [0.3, 0.4) is 0 Å². The van der Waals surface area contributed by atoms with Gasteiger partial charge in [0.1, 0.15) is 0 Å². The van der Waals surface area contributed by atoms with Crippen molar-refractivity contribution in [2.24, 2.45) is 12.8 Å². The van der Waals surface area contributed by atoms with Crippen LogP contribution in [0.2, 0.25) is 0 Å². The Bertz CT molecular complexity index is 987. The molecule has 0 radical (unpaired) electrons. The molecule has 4 heterocycles. The number of hydrogen-bond donors (Lipinski definition) is 1. The molecule has 1 aliphatic heterocycles. The number of aryl methyl sites for hydroxylation is 2. The van der Waals surface area contributed by atoms with Crippen molar-refractivity contribution in [1.82, 2.24) is 19.7 Å². The number of amides is 1. The molecule has 1 saturated heterocycles. The molecule has 3 aromatic rings. The molecule has 3 aromatic heterocycles. The van der Waals surface area contributed by atoms with Crippen LogP contribution in [0.4, 0.5) is 0 Å². The third-order valence-electron chi connectivity index (χ3n) is 5.39. The van der Waals surface area contributed by atoms with Gasteiger partial charge in [-0.25, -0.2) is 4.98 Å². The maximum absolute atomic E-state index is 13.6. The molecule has 2 atom stereocenters. The van der Waals surface area contributed by atoms with Gasteiger partial charge in [-0.3, -0.25) is 9.48 Å². The van der Waals surface area contributed by atoms with Crippen LogP contribution in [0.15, 0.2) is 23.6 Å². The predicted molar refractivity (Wildman–Crippen MR) is 123 cm³/mol. The Morgan fingerprint density at radius 3 is 2.76 bits per heavy atom. The molecule has 1 amide bonds. The highest BCUT2D eigenvalue weighted by molar-refractivity contribution is 7.13. The Morgan fingerprint density at radius 1 is 1.34 bits per heavy atom. The minimum Gasteiger partial charge on any atom is -0.334 e. The fourth-order valence-electron chi connectivity index (χ4n) is 4.07. The number of rotatable bonds is 3. The second-order valence-corrected chi connectivity index (χ2v) is 8.31. The molecular weight excluding hydrogens is 429 g/mol. The average Bonchev–Trinajstić information content (AvgIpc) is 3.29. The van der Waals surface area contributed by atoms with E-state index in [2.05, 4.69) is 5.10 Å². The molecule has 2 unspecified atom stereocenters. The molecular formula is C20H27Cl2N5OS. The third kappa shape index (κ3) is 4.28. The predicted octanol–water partition coefficient (Wildman–Crippen LogP) is 4.19. The minimum absolute atomic E-state index is 0. The highest BCUT2D eigenvalue weighted by Crippen LogP contribution is 2.31. The lowest BCUT2D eigenvalue weighted by Crippen LogP contribution is -2.51. The summed E-state index contributed by atoms with van der Waals surface area (Å²) in [7, 11) is 1.88. The first-order chi connectivity index (χ1) is 13.0. The Hall–Kier alpha value is -1.67. The number of pyridine rings is 1. The van der Waals surface area contributed by atoms with E-state index >= 15 is 0 Å². The summed E-state index contributed by atoms with van der Waals surface area (Å²) >= 11 is 1.62. The number of carbonyl (C=O) groups excluding carboxylic acids is 1. The number of piperidine rings is 1. The van der Waals surface area contributed by atoms with Crippen LogP contribution in [-0.2, 0) is 7.05 Å². The van der Waals surface area contributed by atoms with Gasteiger partial charge in [0.05, 0.1) is 27.2 Å². The quantitative estimate of drug-likeness (QED) is 0.641. The van der Waals surface area contributed by atoms with Crippen molar-refractivity contribution in [3.05, 3.63) is 34.8 Å². The molecule has 2 N–H and O–H groups in total. The largest absolute Gasteiger partial charge is 0.334 e. The first kappa shape index (κ1) is 23.6. The zero-order valence-electron chi connectivity index (χ0n) is 16.8. The average molecular weight is 456 g/mol. The van der Waals surface area contributed by atoms with Crippen molar-refractivity contribution in [2.45, 2.75) is 45.2 Å². The van der Waals surface area contributed by atoms with Crippen molar-refractivity contribution in [2.75, 3.05) is 6.54 Å². The number of nitrogens with zero attached hydrogens (tertiary/aromatic N) is 4. The van der Waals surface area contributed by atoms with E-state index in [1.807, 2.05) is 49.4 Å². The van der Waals surface area contributed by atoms with Crippen LogP contribution in [-0.4, -0.2) is 44.2 Å². The van der Waals surface area contributed by atoms with E-state index in [9.17, 15) is 4.79 Å². The molecule has 29 heavy (non-hydrogen) atoms. The lowest BCUT2D eigenvalue weighted by atomic mass is 9.95. The highest BCUT2D eigenvalue weighted by atomic mass is 35.5. The van der Waals surface area contributed by atoms with Gasteiger partial charge in [0.25, 0.3) is 5.91 Å². The van der Waals surface area contributed by atoms with Gasteiger partial charge in [0.2, 0.25) is 0 Å². The van der Waals surface area contributed by atoms with E-state index in [4.69, 9.17) is 10.7 Å². The van der Waals surface area contributed by atoms with Gasteiger partial charge >= 0.3 is 0 Å². The van der Waals surface area contributed by atoms with E-state index in [0.29, 0.717) is 5.56 Å². The fraction of sp³-hybridized carbons (Fsp3) is 0.450. The maximum Gasteiger partial charge on any atom is 0.255 e. The summed E-state index contributed by atoms with van der Waals surface area (Å²) in [5, 5.41) is 7.38. The van der Waals surface area contributed by atoms with Gasteiger partial charge in [-0.2, -0.15) is 5.10 Å². The van der Waals surface area contributed by atoms with Crippen molar-refractivity contribution in [3.8, 4) is 10.6 Å². The number of fused-ring (bicyclic) bond motifs is 1. The summed E-state index contributed by atoms with van der Waals surface area (Å²) in [6, 6.07) is 5.99. The van der Waals surface area contributed by atoms with Crippen LogP contribution in [0.5, 0.6) is 0 Å². The van der Waals surface area contributed by atoms with Crippen molar-refractivity contribution >= 4 is 53.1 Å². The lowest BCUT2D eigenvalue weighted by Gasteiger charge is -2.38. The summed E-state index contributed by atoms with van der Waals surface area (Å²) in [5.41, 5.74) is 9.28. The molecule has 0 saturated carbocycles. The standard InChI is InChI=1S/C20H25N5OS.2ClH/c1-12(21)16-7-4-5-9-25(16)20(26)14-11-15(17-8-6-10-27-17)22-19-18(14)13(2)23-24(19)3;;/h6,8,10-12,16H,4-5,7,9,21H2,1-3H3;2*1H. The summed E-state index contributed by atoms with van der Waals surface area (Å²) < 4.78 is 1.76. The molecule has 6 nitrogen and oxygen atoms in total. The number of thiophene rings is 1. The van der Waals surface area contributed by atoms with E-state index in [-0.39, 0.29) is 42.8 Å². The van der Waals surface area contributed by atoms with Crippen LogP contribution >= 0.6 is 36.2 Å². The maximum atomic E-state index is 13.6. The van der Waals surface area contributed by atoms with Gasteiger partial charge in [0.15, 0.2) is 5.65 Å². The normalized spacial score (nSPS) is 17.5. The molecule has 4 rings (SSSR count). The van der Waals surface area contributed by atoms with Crippen molar-refractivity contribution in [3.63, 3.8) is 0 Å². The summed E-state index contributed by atoms with van der Waals surface area (Å²) in [6.45, 7) is 4.68. The SMILES string of the molecule is Cc1nn(C)c2nc(-c3cccs3)cc(C(=O)N3CCCCC3C(C)N)c12.Cl.Cl. The summed E-state index contributed by atoms with van der Waals surface area (Å²) in [6.07, 6.45) is 3.10. The van der Waals surface area contributed by atoms with Gasteiger partial charge < -0.3 is 10.6 Å². The van der Waals surface area contributed by atoms with E-state index in [1.165, 1.54) is 0 Å². The second kappa shape index (κ2) is 9.43. The molecule has 1 aliphatic rings. The summed E-state index contributed by atoms with van der Waals surface area (Å²) in [4.78, 5) is 21.4. The van der Waals surface area contributed by atoms with Gasteiger partial charge in [0, 0.05) is 25.7 Å².